The molecule has 7 nitrogen and oxygen atoms in total. The maximum absolute atomic E-state index is 12.2. The van der Waals surface area contributed by atoms with E-state index in [-0.39, 0.29) is 17.3 Å². The topological polar surface area (TPSA) is 106 Å². The summed E-state index contributed by atoms with van der Waals surface area (Å²) in [7, 11) is -2.08. The van der Waals surface area contributed by atoms with Gasteiger partial charge >= 0.3 is 0 Å². The van der Waals surface area contributed by atoms with Crippen LogP contribution in [0.5, 0.6) is 5.75 Å². The van der Waals surface area contributed by atoms with Gasteiger partial charge in [-0.3, -0.25) is 0 Å². The number of benzene rings is 1. The molecule has 0 amide bonds. The van der Waals surface area contributed by atoms with Gasteiger partial charge in [-0.15, -0.1) is 0 Å². The molecular weight excluding hydrogens is 292 g/mol. The second-order valence-corrected chi connectivity index (χ2v) is 5.96. The van der Waals surface area contributed by atoms with Crippen LogP contribution in [0, 0.1) is 0 Å². The number of hydrazine groups is 1. The number of sulfonamides is 1. The van der Waals surface area contributed by atoms with Crippen molar-refractivity contribution in [2.45, 2.75) is 11.4 Å². The van der Waals surface area contributed by atoms with Crippen molar-refractivity contribution in [3.63, 3.8) is 0 Å². The molecule has 1 aromatic carbocycles. The van der Waals surface area contributed by atoms with E-state index >= 15 is 0 Å². The Labute approximate surface area is 123 Å². The third-order valence-corrected chi connectivity index (χ3v) is 4.19. The van der Waals surface area contributed by atoms with Crippen LogP contribution in [-0.2, 0) is 16.6 Å². The second-order valence-electron chi connectivity index (χ2n) is 4.20. The predicted octanol–water partition coefficient (Wildman–Crippen LogP) is 0.854. The number of nitrogen functional groups attached to an aromatic ring is 1. The van der Waals surface area contributed by atoms with Gasteiger partial charge in [0.1, 0.15) is 11.6 Å². The minimum atomic E-state index is -3.64. The molecule has 1 aromatic heterocycles. The zero-order chi connectivity index (χ0) is 15.3. The van der Waals surface area contributed by atoms with Gasteiger partial charge < -0.3 is 10.2 Å². The fraction of sp³-hybridized carbons (Fsp3) is 0.154. The molecule has 0 saturated carbocycles. The first-order valence-corrected chi connectivity index (χ1v) is 7.59. The molecule has 0 unspecified atom stereocenters. The Morgan fingerprint density at radius 2 is 2.10 bits per heavy atom. The number of nitrogens with one attached hydrogen (secondary N) is 2. The zero-order valence-electron chi connectivity index (χ0n) is 11.4. The van der Waals surface area contributed by atoms with Crippen molar-refractivity contribution in [2.75, 3.05) is 12.5 Å². The highest BCUT2D eigenvalue weighted by molar-refractivity contribution is 7.89. The van der Waals surface area contributed by atoms with Crippen molar-refractivity contribution in [3.05, 3.63) is 48.2 Å². The molecule has 0 atom stereocenters. The van der Waals surface area contributed by atoms with Gasteiger partial charge in [0.2, 0.25) is 10.0 Å². The van der Waals surface area contributed by atoms with Crippen LogP contribution in [0.4, 0.5) is 5.82 Å². The summed E-state index contributed by atoms with van der Waals surface area (Å²) >= 11 is 0. The molecule has 8 heteroatoms. The lowest BCUT2D eigenvalue weighted by Gasteiger charge is -2.09. The van der Waals surface area contributed by atoms with Gasteiger partial charge in [-0.05, 0) is 23.8 Å². The third-order valence-electron chi connectivity index (χ3n) is 2.79. The molecule has 21 heavy (non-hydrogen) atoms. The third kappa shape index (κ3) is 3.91. The van der Waals surface area contributed by atoms with E-state index in [1.165, 1.54) is 18.3 Å². The van der Waals surface area contributed by atoms with Crippen molar-refractivity contribution in [3.8, 4) is 5.75 Å². The Morgan fingerprint density at radius 1 is 1.29 bits per heavy atom. The summed E-state index contributed by atoms with van der Waals surface area (Å²) in [4.78, 5) is 3.96. The minimum Gasteiger partial charge on any atom is -0.497 e. The first kappa shape index (κ1) is 15.2. The number of pyridine rings is 1. The van der Waals surface area contributed by atoms with E-state index in [0.717, 1.165) is 5.56 Å². The van der Waals surface area contributed by atoms with Gasteiger partial charge in [0, 0.05) is 18.8 Å². The Kier molecular flexibility index (Phi) is 4.73. The molecule has 0 saturated heterocycles. The lowest BCUT2D eigenvalue weighted by atomic mass is 10.2. The Balaban J connectivity index is 2.13. The fourth-order valence-electron chi connectivity index (χ4n) is 1.70. The van der Waals surface area contributed by atoms with Crippen molar-refractivity contribution in [1.29, 1.82) is 0 Å². The highest BCUT2D eigenvalue weighted by Crippen LogP contribution is 2.15. The molecule has 1 heterocycles. The molecule has 4 N–H and O–H groups in total. The molecule has 0 aliphatic carbocycles. The fourth-order valence-corrected chi connectivity index (χ4v) is 2.73. The molecule has 0 aliphatic heterocycles. The van der Waals surface area contributed by atoms with Crippen LogP contribution in [0.3, 0.4) is 0 Å². The summed E-state index contributed by atoms with van der Waals surface area (Å²) in [6.07, 6.45) is 1.37. The highest BCUT2D eigenvalue weighted by Gasteiger charge is 2.14. The Bertz CT molecular complexity index is 719. The number of nitrogens with two attached hydrogens (primary N) is 1. The molecule has 2 aromatic rings. The first-order valence-electron chi connectivity index (χ1n) is 6.10. The SMILES string of the molecule is COc1cccc(CNS(=O)(=O)c2ccnc(NN)c2)c1. The summed E-state index contributed by atoms with van der Waals surface area (Å²) in [5.74, 6) is 6.17. The quantitative estimate of drug-likeness (QED) is 0.539. The number of anilines is 1. The predicted molar refractivity (Wildman–Crippen MR) is 79.1 cm³/mol. The summed E-state index contributed by atoms with van der Waals surface area (Å²) in [6.45, 7) is 0.160. The van der Waals surface area contributed by atoms with Crippen molar-refractivity contribution in [1.82, 2.24) is 9.71 Å². The molecule has 0 fully saturated rings. The second kappa shape index (κ2) is 6.53. The minimum absolute atomic E-state index is 0.0911. The summed E-state index contributed by atoms with van der Waals surface area (Å²) in [6, 6.07) is 9.92. The average Bonchev–Trinajstić information content (AvgIpc) is 2.53. The van der Waals surface area contributed by atoms with Gasteiger partial charge in [-0.25, -0.2) is 24.0 Å². The number of hydrogen-bond acceptors (Lipinski definition) is 6. The van der Waals surface area contributed by atoms with Gasteiger partial charge in [-0.2, -0.15) is 0 Å². The summed E-state index contributed by atoms with van der Waals surface area (Å²) < 4.78 is 32.0. The summed E-state index contributed by atoms with van der Waals surface area (Å²) in [5, 5.41) is 0. The number of nitrogens with zero attached hydrogens (tertiary/aromatic N) is 1. The normalized spacial score (nSPS) is 11.1. The molecule has 0 spiro atoms. The van der Waals surface area contributed by atoms with E-state index < -0.39 is 10.0 Å². The maximum atomic E-state index is 12.2. The monoisotopic (exact) mass is 308 g/mol. The zero-order valence-corrected chi connectivity index (χ0v) is 12.2. The molecule has 0 bridgehead atoms. The van der Waals surface area contributed by atoms with Gasteiger partial charge in [0.05, 0.1) is 12.0 Å². The van der Waals surface area contributed by atoms with Crippen molar-refractivity contribution in [2.24, 2.45) is 5.84 Å². The number of aromatic nitrogens is 1. The summed E-state index contributed by atoms with van der Waals surface area (Å²) in [5.41, 5.74) is 3.10. The van der Waals surface area contributed by atoms with Gasteiger partial charge in [0.25, 0.3) is 0 Å². The number of methoxy groups -OCH3 is 1. The van der Waals surface area contributed by atoms with Crippen LogP contribution in [0.15, 0.2) is 47.5 Å². The van der Waals surface area contributed by atoms with E-state index in [1.807, 2.05) is 6.07 Å². The van der Waals surface area contributed by atoms with Crippen LogP contribution < -0.4 is 20.7 Å². The largest absolute Gasteiger partial charge is 0.497 e. The van der Waals surface area contributed by atoms with E-state index in [4.69, 9.17) is 10.6 Å². The number of hydrogen-bond donors (Lipinski definition) is 3. The maximum Gasteiger partial charge on any atom is 0.241 e. The van der Waals surface area contributed by atoms with E-state index in [2.05, 4.69) is 15.1 Å². The molecule has 2 rings (SSSR count). The smallest absolute Gasteiger partial charge is 0.241 e. The lowest BCUT2D eigenvalue weighted by molar-refractivity contribution is 0.414. The standard InChI is InChI=1S/C13H16N4O3S/c1-20-11-4-2-3-10(7-11)9-16-21(18,19)12-5-6-15-13(8-12)17-14/h2-8,16H,9,14H2,1H3,(H,15,17). The first-order chi connectivity index (χ1) is 10.0. The highest BCUT2D eigenvalue weighted by atomic mass is 32.2. The van der Waals surface area contributed by atoms with E-state index in [0.29, 0.717) is 5.75 Å². The molecule has 0 radical (unpaired) electrons. The Hall–Kier alpha value is -2.16. The lowest BCUT2D eigenvalue weighted by Crippen LogP contribution is -2.23. The molecule has 112 valence electrons. The van der Waals surface area contributed by atoms with E-state index in [9.17, 15) is 8.42 Å². The molecular formula is C13H16N4O3S. The van der Waals surface area contributed by atoms with E-state index in [1.54, 1.807) is 25.3 Å². The van der Waals surface area contributed by atoms with Crippen molar-refractivity contribution >= 4 is 15.8 Å². The van der Waals surface area contributed by atoms with Gasteiger partial charge in [0.15, 0.2) is 0 Å². The average molecular weight is 308 g/mol. The molecule has 0 aliphatic rings. The van der Waals surface area contributed by atoms with Crippen LogP contribution in [0.1, 0.15) is 5.56 Å². The number of ether oxygens (including phenoxy) is 1. The van der Waals surface area contributed by atoms with Gasteiger partial charge in [-0.1, -0.05) is 12.1 Å². The van der Waals surface area contributed by atoms with Crippen LogP contribution >= 0.6 is 0 Å². The van der Waals surface area contributed by atoms with Crippen molar-refractivity contribution < 1.29 is 13.2 Å². The van der Waals surface area contributed by atoms with Crippen LogP contribution in [-0.4, -0.2) is 20.5 Å². The van der Waals surface area contributed by atoms with Crippen LogP contribution in [0.2, 0.25) is 0 Å². The Morgan fingerprint density at radius 3 is 2.81 bits per heavy atom. The number of rotatable bonds is 6. The van der Waals surface area contributed by atoms with Crippen LogP contribution in [0.25, 0.3) is 0 Å².